The Morgan fingerprint density at radius 2 is 2.36 bits per heavy atom. The average molecular weight is 215 g/mol. The molecule has 0 aromatic rings. The van der Waals surface area contributed by atoms with Crippen LogP contribution in [0.25, 0.3) is 0 Å². The lowest BCUT2D eigenvalue weighted by atomic mass is 9.80. The second-order valence-electron chi connectivity index (χ2n) is 2.84. The lowest BCUT2D eigenvalue weighted by Crippen LogP contribution is -2.28. The third kappa shape index (κ3) is 1.62. The number of rotatable bonds is 2. The fourth-order valence-electron chi connectivity index (χ4n) is 1.12. The van der Waals surface area contributed by atoms with Crippen LogP contribution < -0.4 is 0 Å². The molecular formula is C9H11BrO. The zero-order chi connectivity index (χ0) is 8.32. The third-order valence-corrected chi connectivity index (χ3v) is 3.08. The van der Waals surface area contributed by atoms with E-state index in [1.807, 2.05) is 24.3 Å². The van der Waals surface area contributed by atoms with E-state index in [2.05, 4.69) is 15.9 Å². The van der Waals surface area contributed by atoms with Crippen LogP contribution in [0.4, 0.5) is 0 Å². The first-order chi connectivity index (χ1) is 5.21. The van der Waals surface area contributed by atoms with E-state index in [4.69, 9.17) is 0 Å². The van der Waals surface area contributed by atoms with E-state index >= 15 is 0 Å². The van der Waals surface area contributed by atoms with Crippen molar-refractivity contribution in [3.63, 3.8) is 0 Å². The molecule has 0 heterocycles. The van der Waals surface area contributed by atoms with E-state index in [0.29, 0.717) is 0 Å². The van der Waals surface area contributed by atoms with Crippen molar-refractivity contribution in [2.75, 3.05) is 5.33 Å². The van der Waals surface area contributed by atoms with E-state index < -0.39 is 0 Å². The number of alkyl halides is 1. The average Bonchev–Trinajstić information content (AvgIpc) is 2.05. The van der Waals surface area contributed by atoms with Crippen molar-refractivity contribution < 1.29 is 4.79 Å². The zero-order valence-electron chi connectivity index (χ0n) is 6.51. The molecule has 0 bridgehead atoms. The second kappa shape index (κ2) is 3.35. The number of hydrogen-bond donors (Lipinski definition) is 0. The molecule has 0 aromatic heterocycles. The van der Waals surface area contributed by atoms with Crippen molar-refractivity contribution in [3.05, 3.63) is 24.3 Å². The van der Waals surface area contributed by atoms with Gasteiger partial charge in [0.1, 0.15) is 5.78 Å². The van der Waals surface area contributed by atoms with E-state index in [1.54, 1.807) is 6.92 Å². The van der Waals surface area contributed by atoms with Crippen molar-refractivity contribution >= 4 is 21.7 Å². The van der Waals surface area contributed by atoms with Gasteiger partial charge in [-0.1, -0.05) is 40.2 Å². The van der Waals surface area contributed by atoms with E-state index in [9.17, 15) is 4.79 Å². The van der Waals surface area contributed by atoms with E-state index in [0.717, 1.165) is 11.8 Å². The number of carbonyl (C=O) groups is 1. The van der Waals surface area contributed by atoms with E-state index in [-0.39, 0.29) is 11.2 Å². The summed E-state index contributed by atoms with van der Waals surface area (Å²) < 4.78 is 0. The number of halogens is 1. The summed E-state index contributed by atoms with van der Waals surface area (Å²) in [4.78, 5) is 11.2. The monoisotopic (exact) mass is 214 g/mol. The summed E-state index contributed by atoms with van der Waals surface area (Å²) in [6.45, 7) is 1.64. The highest BCUT2D eigenvalue weighted by Gasteiger charge is 2.30. The largest absolute Gasteiger partial charge is 0.299 e. The molecule has 0 amide bonds. The van der Waals surface area contributed by atoms with Crippen LogP contribution in [-0.2, 0) is 4.79 Å². The normalized spacial score (nSPS) is 28.9. The summed E-state index contributed by atoms with van der Waals surface area (Å²) in [7, 11) is 0. The molecule has 0 aromatic carbocycles. The summed E-state index contributed by atoms with van der Waals surface area (Å²) >= 11 is 3.36. The van der Waals surface area contributed by atoms with Gasteiger partial charge in [-0.05, 0) is 13.3 Å². The van der Waals surface area contributed by atoms with E-state index in [1.165, 1.54) is 0 Å². The van der Waals surface area contributed by atoms with Crippen molar-refractivity contribution in [3.8, 4) is 0 Å². The molecule has 1 rings (SSSR count). The molecule has 1 aliphatic rings. The topological polar surface area (TPSA) is 17.1 Å². The molecule has 0 radical (unpaired) electrons. The lowest BCUT2D eigenvalue weighted by Gasteiger charge is -2.25. The Morgan fingerprint density at radius 1 is 1.64 bits per heavy atom. The molecule has 0 saturated heterocycles. The number of allylic oxidation sites excluding steroid dienone is 4. The zero-order valence-corrected chi connectivity index (χ0v) is 8.10. The van der Waals surface area contributed by atoms with Crippen LogP contribution in [0.5, 0.6) is 0 Å². The maximum Gasteiger partial charge on any atom is 0.140 e. The lowest BCUT2D eigenvalue weighted by molar-refractivity contribution is -0.123. The highest BCUT2D eigenvalue weighted by molar-refractivity contribution is 9.09. The van der Waals surface area contributed by atoms with Crippen LogP contribution in [0.3, 0.4) is 0 Å². The predicted octanol–water partition coefficient (Wildman–Crippen LogP) is 2.47. The maximum absolute atomic E-state index is 11.2. The van der Waals surface area contributed by atoms with Gasteiger partial charge in [0.25, 0.3) is 0 Å². The predicted molar refractivity (Wildman–Crippen MR) is 49.8 cm³/mol. The Labute approximate surface area is 75.3 Å². The van der Waals surface area contributed by atoms with Crippen LogP contribution in [0, 0.1) is 5.41 Å². The molecule has 11 heavy (non-hydrogen) atoms. The molecule has 0 aliphatic heterocycles. The number of Topliss-reactive ketones (excluding diaryl/α,β-unsaturated/α-hetero) is 1. The molecule has 1 nitrogen and oxygen atoms in total. The van der Waals surface area contributed by atoms with Crippen molar-refractivity contribution in [1.82, 2.24) is 0 Å². The Bertz CT molecular complexity index is 218. The van der Waals surface area contributed by atoms with Gasteiger partial charge < -0.3 is 0 Å². The number of ketones is 1. The molecule has 0 spiro atoms. The Kier molecular flexibility index (Phi) is 2.66. The van der Waals surface area contributed by atoms with Gasteiger partial charge in [0.05, 0.1) is 5.41 Å². The number of hydrogen-bond acceptors (Lipinski definition) is 1. The van der Waals surface area contributed by atoms with Crippen LogP contribution in [0.1, 0.15) is 13.3 Å². The third-order valence-electron chi connectivity index (χ3n) is 2.08. The molecular weight excluding hydrogens is 204 g/mol. The Morgan fingerprint density at radius 3 is 2.64 bits per heavy atom. The van der Waals surface area contributed by atoms with Crippen LogP contribution in [0.2, 0.25) is 0 Å². The van der Waals surface area contributed by atoms with Gasteiger partial charge in [-0.2, -0.15) is 0 Å². The molecule has 0 saturated carbocycles. The Balaban J connectivity index is 2.85. The Hall–Kier alpha value is -0.370. The van der Waals surface area contributed by atoms with Crippen molar-refractivity contribution in [1.29, 1.82) is 0 Å². The van der Waals surface area contributed by atoms with Crippen LogP contribution in [-0.4, -0.2) is 11.1 Å². The molecule has 0 fully saturated rings. The number of carbonyl (C=O) groups excluding carboxylic acids is 1. The fourth-order valence-corrected chi connectivity index (χ4v) is 1.93. The summed E-state index contributed by atoms with van der Waals surface area (Å²) in [5, 5.41) is 0.718. The first-order valence-corrected chi connectivity index (χ1v) is 4.75. The van der Waals surface area contributed by atoms with Gasteiger partial charge in [0.15, 0.2) is 0 Å². The van der Waals surface area contributed by atoms with Crippen molar-refractivity contribution in [2.45, 2.75) is 13.3 Å². The quantitative estimate of drug-likeness (QED) is 0.646. The summed E-state index contributed by atoms with van der Waals surface area (Å²) in [6, 6.07) is 0. The summed E-state index contributed by atoms with van der Waals surface area (Å²) in [6.07, 6.45) is 8.74. The van der Waals surface area contributed by atoms with Crippen LogP contribution in [0.15, 0.2) is 24.3 Å². The van der Waals surface area contributed by atoms with Gasteiger partial charge in [-0.3, -0.25) is 4.79 Å². The van der Waals surface area contributed by atoms with Crippen molar-refractivity contribution in [2.24, 2.45) is 5.41 Å². The SMILES string of the molecule is CC(=O)C1(CBr)C=CC=CC1. The summed E-state index contributed by atoms with van der Waals surface area (Å²) in [5.41, 5.74) is -0.269. The minimum Gasteiger partial charge on any atom is -0.299 e. The van der Waals surface area contributed by atoms with Gasteiger partial charge in [-0.25, -0.2) is 0 Å². The minimum atomic E-state index is -0.269. The first kappa shape index (κ1) is 8.72. The highest BCUT2D eigenvalue weighted by Crippen LogP contribution is 2.30. The smallest absolute Gasteiger partial charge is 0.140 e. The molecule has 0 N–H and O–H groups in total. The molecule has 1 aliphatic carbocycles. The standard InChI is InChI=1S/C9H11BrO/c1-8(11)9(7-10)5-3-2-4-6-9/h2-5H,6-7H2,1H3. The van der Waals surface area contributed by atoms with Crippen LogP contribution >= 0.6 is 15.9 Å². The second-order valence-corrected chi connectivity index (χ2v) is 3.40. The molecule has 1 unspecified atom stereocenters. The fraction of sp³-hybridized carbons (Fsp3) is 0.444. The molecule has 1 atom stereocenters. The van der Waals surface area contributed by atoms with Gasteiger partial charge in [0.2, 0.25) is 0 Å². The van der Waals surface area contributed by atoms with Gasteiger partial charge in [-0.15, -0.1) is 0 Å². The molecule has 60 valence electrons. The molecule has 2 heteroatoms. The first-order valence-electron chi connectivity index (χ1n) is 3.63. The highest BCUT2D eigenvalue weighted by atomic mass is 79.9. The van der Waals surface area contributed by atoms with Gasteiger partial charge in [0, 0.05) is 5.33 Å². The maximum atomic E-state index is 11.2. The minimum absolute atomic E-state index is 0.231. The van der Waals surface area contributed by atoms with Gasteiger partial charge >= 0.3 is 0 Å². The summed E-state index contributed by atoms with van der Waals surface area (Å²) in [5.74, 6) is 0.231.